The second-order valence-corrected chi connectivity index (χ2v) is 6.05. The van der Waals surface area contributed by atoms with Crippen LogP contribution in [0.3, 0.4) is 0 Å². The Labute approximate surface area is 106 Å². The van der Waals surface area contributed by atoms with Gasteiger partial charge in [-0.15, -0.1) is 11.3 Å². The average molecular weight is 249 g/mol. The molecule has 0 unspecified atom stereocenters. The number of hydrogen-bond acceptors (Lipinski definition) is 3. The molecule has 3 nitrogen and oxygen atoms in total. The van der Waals surface area contributed by atoms with E-state index in [2.05, 4.69) is 29.2 Å². The van der Waals surface area contributed by atoms with Gasteiger partial charge in [0.15, 0.2) is 0 Å². The summed E-state index contributed by atoms with van der Waals surface area (Å²) in [4.78, 5) is 7.73. The van der Waals surface area contributed by atoms with Crippen LogP contribution in [0.4, 0.5) is 0 Å². The van der Waals surface area contributed by atoms with Crippen molar-refractivity contribution in [2.75, 3.05) is 6.54 Å². The molecule has 0 bridgehead atoms. The van der Waals surface area contributed by atoms with Crippen molar-refractivity contribution in [3.05, 3.63) is 28.8 Å². The van der Waals surface area contributed by atoms with Gasteiger partial charge in [0, 0.05) is 29.8 Å². The van der Waals surface area contributed by atoms with E-state index in [0.717, 1.165) is 30.6 Å². The molecule has 2 aromatic heterocycles. The van der Waals surface area contributed by atoms with Crippen LogP contribution in [0.15, 0.2) is 23.8 Å². The van der Waals surface area contributed by atoms with Gasteiger partial charge < -0.3 is 10.7 Å². The van der Waals surface area contributed by atoms with Gasteiger partial charge in [-0.1, -0.05) is 13.8 Å². The van der Waals surface area contributed by atoms with E-state index in [1.54, 1.807) is 11.3 Å². The second-order valence-electron chi connectivity index (χ2n) is 5.11. The molecular weight excluding hydrogens is 230 g/mol. The largest absolute Gasteiger partial charge is 0.367 e. The van der Waals surface area contributed by atoms with Crippen molar-refractivity contribution in [3.63, 3.8) is 0 Å². The highest BCUT2D eigenvalue weighted by atomic mass is 32.1. The Morgan fingerprint density at radius 3 is 2.94 bits per heavy atom. The summed E-state index contributed by atoms with van der Waals surface area (Å²) in [6.07, 6.45) is 5.93. The van der Waals surface area contributed by atoms with Gasteiger partial charge in [-0.2, -0.15) is 0 Å². The summed E-state index contributed by atoms with van der Waals surface area (Å²) >= 11 is 1.73. The highest BCUT2D eigenvalue weighted by Crippen LogP contribution is 2.29. The van der Waals surface area contributed by atoms with Gasteiger partial charge in [0.1, 0.15) is 0 Å². The van der Waals surface area contributed by atoms with Crippen molar-refractivity contribution >= 4 is 11.3 Å². The minimum absolute atomic E-state index is 0.238. The standard InChI is InChI=1S/C13H19N3S/c1-13(2,4-5-14)7-12-16-11(9-17-12)10-3-6-15-8-10/h3,6,8-9,15H,4-5,7,14H2,1-2H3. The predicted octanol–water partition coefficient (Wildman–Crippen LogP) is 3.06. The van der Waals surface area contributed by atoms with Gasteiger partial charge in [-0.05, 0) is 24.4 Å². The van der Waals surface area contributed by atoms with Crippen LogP contribution in [0.25, 0.3) is 11.3 Å². The fourth-order valence-corrected chi connectivity index (χ4v) is 2.96. The van der Waals surface area contributed by atoms with Crippen molar-refractivity contribution in [1.29, 1.82) is 0 Å². The van der Waals surface area contributed by atoms with Gasteiger partial charge in [-0.25, -0.2) is 4.98 Å². The topological polar surface area (TPSA) is 54.7 Å². The van der Waals surface area contributed by atoms with E-state index in [9.17, 15) is 0 Å². The van der Waals surface area contributed by atoms with E-state index < -0.39 is 0 Å². The quantitative estimate of drug-likeness (QED) is 0.855. The first-order valence-electron chi connectivity index (χ1n) is 5.88. The summed E-state index contributed by atoms with van der Waals surface area (Å²) < 4.78 is 0. The summed E-state index contributed by atoms with van der Waals surface area (Å²) in [5.74, 6) is 0. The minimum atomic E-state index is 0.238. The maximum Gasteiger partial charge on any atom is 0.0937 e. The molecule has 0 fully saturated rings. The Morgan fingerprint density at radius 1 is 1.47 bits per heavy atom. The Kier molecular flexibility index (Phi) is 3.64. The van der Waals surface area contributed by atoms with Crippen molar-refractivity contribution in [1.82, 2.24) is 9.97 Å². The van der Waals surface area contributed by atoms with Crippen LogP contribution in [0.1, 0.15) is 25.3 Å². The first-order valence-corrected chi connectivity index (χ1v) is 6.76. The van der Waals surface area contributed by atoms with E-state index in [-0.39, 0.29) is 5.41 Å². The van der Waals surface area contributed by atoms with Gasteiger partial charge in [0.25, 0.3) is 0 Å². The normalized spacial score (nSPS) is 11.9. The summed E-state index contributed by atoms with van der Waals surface area (Å²) in [5, 5.41) is 3.32. The molecule has 0 aliphatic carbocycles. The molecule has 0 spiro atoms. The number of hydrogen-bond donors (Lipinski definition) is 2. The zero-order chi connectivity index (χ0) is 12.3. The number of H-pyrrole nitrogens is 1. The van der Waals surface area contributed by atoms with Gasteiger partial charge in [0.05, 0.1) is 10.7 Å². The van der Waals surface area contributed by atoms with Gasteiger partial charge in [-0.3, -0.25) is 0 Å². The SMILES string of the molecule is CC(C)(CCN)Cc1nc(-c2cc[nH]c2)cs1. The molecule has 4 heteroatoms. The van der Waals surface area contributed by atoms with Crippen LogP contribution in [-0.4, -0.2) is 16.5 Å². The Hall–Kier alpha value is -1.13. The van der Waals surface area contributed by atoms with Gasteiger partial charge in [0.2, 0.25) is 0 Å². The zero-order valence-electron chi connectivity index (χ0n) is 10.4. The van der Waals surface area contributed by atoms with Crippen LogP contribution < -0.4 is 5.73 Å². The minimum Gasteiger partial charge on any atom is -0.367 e. The summed E-state index contributed by atoms with van der Waals surface area (Å²) in [6.45, 7) is 5.23. The van der Waals surface area contributed by atoms with Gasteiger partial charge >= 0.3 is 0 Å². The fourth-order valence-electron chi connectivity index (χ4n) is 1.90. The third-order valence-electron chi connectivity index (χ3n) is 2.90. The predicted molar refractivity (Wildman–Crippen MR) is 73.1 cm³/mol. The molecule has 3 N–H and O–H groups in total. The summed E-state index contributed by atoms with van der Waals surface area (Å²) in [7, 11) is 0. The number of nitrogens with one attached hydrogen (secondary N) is 1. The van der Waals surface area contributed by atoms with Crippen molar-refractivity contribution < 1.29 is 0 Å². The molecular formula is C13H19N3S. The van der Waals surface area contributed by atoms with E-state index in [1.807, 2.05) is 18.5 Å². The second kappa shape index (κ2) is 5.02. The highest BCUT2D eigenvalue weighted by molar-refractivity contribution is 7.09. The molecule has 2 rings (SSSR count). The Balaban J connectivity index is 2.09. The molecule has 0 saturated heterocycles. The summed E-state index contributed by atoms with van der Waals surface area (Å²) in [6, 6.07) is 2.05. The maximum absolute atomic E-state index is 5.63. The monoisotopic (exact) mass is 249 g/mol. The molecule has 2 heterocycles. The first kappa shape index (κ1) is 12.3. The molecule has 0 aliphatic heterocycles. The number of aromatic nitrogens is 2. The summed E-state index contributed by atoms with van der Waals surface area (Å²) in [5.41, 5.74) is 8.09. The lowest BCUT2D eigenvalue weighted by Crippen LogP contribution is -2.19. The lowest BCUT2D eigenvalue weighted by Gasteiger charge is -2.22. The lowest BCUT2D eigenvalue weighted by molar-refractivity contribution is 0.338. The van der Waals surface area contributed by atoms with E-state index in [4.69, 9.17) is 5.73 Å². The lowest BCUT2D eigenvalue weighted by atomic mass is 9.86. The Bertz CT molecular complexity index is 457. The molecule has 0 aliphatic rings. The average Bonchev–Trinajstić information content (AvgIpc) is 2.85. The first-order chi connectivity index (χ1) is 8.11. The van der Waals surface area contributed by atoms with Crippen molar-refractivity contribution in [2.45, 2.75) is 26.7 Å². The molecule has 17 heavy (non-hydrogen) atoms. The molecule has 0 saturated carbocycles. The molecule has 0 aromatic carbocycles. The van der Waals surface area contributed by atoms with Crippen LogP contribution in [0.2, 0.25) is 0 Å². The van der Waals surface area contributed by atoms with E-state index in [0.29, 0.717) is 0 Å². The van der Waals surface area contributed by atoms with E-state index >= 15 is 0 Å². The number of nitrogens with two attached hydrogens (primary N) is 1. The third kappa shape index (κ3) is 3.17. The molecule has 0 radical (unpaired) electrons. The van der Waals surface area contributed by atoms with E-state index in [1.165, 1.54) is 5.01 Å². The third-order valence-corrected chi connectivity index (χ3v) is 3.75. The number of nitrogens with zero attached hydrogens (tertiary/aromatic N) is 1. The molecule has 0 amide bonds. The number of aromatic amines is 1. The molecule has 0 atom stereocenters. The Morgan fingerprint density at radius 2 is 2.29 bits per heavy atom. The van der Waals surface area contributed by atoms with Crippen LogP contribution >= 0.6 is 11.3 Å². The smallest absolute Gasteiger partial charge is 0.0937 e. The van der Waals surface area contributed by atoms with Crippen LogP contribution in [-0.2, 0) is 6.42 Å². The zero-order valence-corrected chi connectivity index (χ0v) is 11.2. The van der Waals surface area contributed by atoms with Crippen LogP contribution in [0.5, 0.6) is 0 Å². The highest BCUT2D eigenvalue weighted by Gasteiger charge is 2.19. The van der Waals surface area contributed by atoms with Crippen molar-refractivity contribution in [2.24, 2.45) is 11.1 Å². The molecule has 92 valence electrons. The number of thiazole rings is 1. The number of rotatable bonds is 5. The van der Waals surface area contributed by atoms with Crippen molar-refractivity contribution in [3.8, 4) is 11.3 Å². The molecule has 2 aromatic rings. The van der Waals surface area contributed by atoms with Crippen LogP contribution in [0, 0.1) is 5.41 Å². The fraction of sp³-hybridized carbons (Fsp3) is 0.462. The maximum atomic E-state index is 5.63.